The number of benzene rings is 1. The van der Waals surface area contributed by atoms with Gasteiger partial charge in [-0.3, -0.25) is 14.3 Å². The van der Waals surface area contributed by atoms with Crippen LogP contribution in [-0.4, -0.2) is 44.8 Å². The number of nitrogens with zero attached hydrogens (tertiary/aromatic N) is 3. The van der Waals surface area contributed by atoms with Gasteiger partial charge in [0.2, 0.25) is 0 Å². The molecule has 0 atom stereocenters. The minimum atomic E-state index is -1.02. The predicted molar refractivity (Wildman–Crippen MR) is 90.9 cm³/mol. The van der Waals surface area contributed by atoms with Crippen LogP contribution in [0, 0.1) is 12.8 Å². The van der Waals surface area contributed by atoms with Gasteiger partial charge in [0, 0.05) is 12.2 Å². The van der Waals surface area contributed by atoms with Crippen molar-refractivity contribution in [3.8, 4) is 0 Å². The van der Waals surface area contributed by atoms with Gasteiger partial charge in [0.1, 0.15) is 6.54 Å². The van der Waals surface area contributed by atoms with Crippen molar-refractivity contribution in [2.45, 2.75) is 27.3 Å². The van der Waals surface area contributed by atoms with Crippen LogP contribution in [0.3, 0.4) is 0 Å². The Morgan fingerprint density at radius 2 is 1.92 bits per heavy atom. The van der Waals surface area contributed by atoms with Gasteiger partial charge in [-0.2, -0.15) is 5.10 Å². The maximum Gasteiger partial charge on any atom is 0.323 e. The van der Waals surface area contributed by atoms with Crippen LogP contribution in [0.25, 0.3) is 0 Å². The maximum absolute atomic E-state index is 12.7. The summed E-state index contributed by atoms with van der Waals surface area (Å²) in [5.41, 5.74) is 2.28. The number of carboxylic acid groups (broad SMARTS) is 1. The summed E-state index contributed by atoms with van der Waals surface area (Å²) in [5, 5.41) is 13.3. The molecular weight excluding hydrogens is 306 g/mol. The van der Waals surface area contributed by atoms with Crippen LogP contribution in [-0.2, 0) is 11.3 Å². The normalized spacial score (nSPS) is 10.8. The summed E-state index contributed by atoms with van der Waals surface area (Å²) in [7, 11) is 0. The van der Waals surface area contributed by atoms with Crippen molar-refractivity contribution < 1.29 is 14.7 Å². The highest BCUT2D eigenvalue weighted by atomic mass is 16.4. The molecule has 0 aliphatic carbocycles. The van der Waals surface area contributed by atoms with E-state index in [1.807, 2.05) is 51.1 Å². The van der Waals surface area contributed by atoms with Crippen molar-refractivity contribution in [3.63, 3.8) is 0 Å². The molecule has 24 heavy (non-hydrogen) atoms. The number of amides is 1. The van der Waals surface area contributed by atoms with Gasteiger partial charge in [-0.15, -0.1) is 0 Å². The summed E-state index contributed by atoms with van der Waals surface area (Å²) in [5.74, 6) is -1.12. The molecule has 1 aromatic carbocycles. The number of carbonyl (C=O) groups is 2. The number of carboxylic acids is 1. The van der Waals surface area contributed by atoms with Crippen LogP contribution >= 0.6 is 0 Å². The molecule has 1 N–H and O–H groups in total. The largest absolute Gasteiger partial charge is 0.480 e. The highest BCUT2D eigenvalue weighted by Crippen LogP contribution is 2.14. The van der Waals surface area contributed by atoms with Crippen LogP contribution in [0.5, 0.6) is 0 Å². The molecule has 1 heterocycles. The topological polar surface area (TPSA) is 75.4 Å². The smallest absolute Gasteiger partial charge is 0.323 e. The second-order valence-corrected chi connectivity index (χ2v) is 6.26. The van der Waals surface area contributed by atoms with Gasteiger partial charge in [0.05, 0.1) is 18.3 Å². The van der Waals surface area contributed by atoms with Gasteiger partial charge in [0.25, 0.3) is 5.91 Å². The number of rotatable bonds is 7. The Bertz CT molecular complexity index is 708. The number of hydrogen-bond donors (Lipinski definition) is 1. The fraction of sp³-hybridized carbons (Fsp3) is 0.389. The number of aliphatic carboxylic acids is 1. The Labute approximate surface area is 141 Å². The summed E-state index contributed by atoms with van der Waals surface area (Å²) in [6.07, 6.45) is 1.52. The van der Waals surface area contributed by atoms with Crippen molar-refractivity contribution in [1.29, 1.82) is 0 Å². The van der Waals surface area contributed by atoms with E-state index in [0.717, 1.165) is 11.3 Å². The van der Waals surface area contributed by atoms with Gasteiger partial charge in [-0.05, 0) is 18.4 Å². The highest BCUT2D eigenvalue weighted by molar-refractivity contribution is 5.96. The third kappa shape index (κ3) is 4.44. The van der Waals surface area contributed by atoms with Crippen LogP contribution in [0.15, 0.2) is 36.5 Å². The van der Waals surface area contributed by atoms with Crippen molar-refractivity contribution in [2.75, 3.05) is 13.1 Å². The average molecular weight is 329 g/mol. The van der Waals surface area contributed by atoms with Gasteiger partial charge in [-0.25, -0.2) is 0 Å². The summed E-state index contributed by atoms with van der Waals surface area (Å²) in [4.78, 5) is 25.1. The highest BCUT2D eigenvalue weighted by Gasteiger charge is 2.23. The van der Waals surface area contributed by atoms with E-state index in [4.69, 9.17) is 5.11 Å². The minimum Gasteiger partial charge on any atom is -0.480 e. The molecule has 0 saturated carbocycles. The lowest BCUT2D eigenvalue weighted by atomic mass is 10.1. The van der Waals surface area contributed by atoms with E-state index < -0.39 is 5.97 Å². The van der Waals surface area contributed by atoms with E-state index in [2.05, 4.69) is 5.10 Å². The van der Waals surface area contributed by atoms with Crippen LogP contribution in [0.4, 0.5) is 0 Å². The number of hydrogen-bond acceptors (Lipinski definition) is 3. The van der Waals surface area contributed by atoms with E-state index in [0.29, 0.717) is 18.7 Å². The van der Waals surface area contributed by atoms with Crippen LogP contribution < -0.4 is 0 Å². The average Bonchev–Trinajstić information content (AvgIpc) is 2.87. The third-order valence-electron chi connectivity index (χ3n) is 3.71. The molecule has 0 saturated heterocycles. The van der Waals surface area contributed by atoms with E-state index in [-0.39, 0.29) is 18.4 Å². The summed E-state index contributed by atoms with van der Waals surface area (Å²) in [6.45, 7) is 6.40. The zero-order chi connectivity index (χ0) is 17.7. The van der Waals surface area contributed by atoms with E-state index in [1.54, 1.807) is 4.68 Å². The lowest BCUT2D eigenvalue weighted by Gasteiger charge is -2.22. The quantitative estimate of drug-likeness (QED) is 0.846. The zero-order valence-corrected chi connectivity index (χ0v) is 14.3. The first-order valence-electron chi connectivity index (χ1n) is 7.96. The molecular formula is C18H23N3O3. The summed E-state index contributed by atoms with van der Waals surface area (Å²) >= 11 is 0. The van der Waals surface area contributed by atoms with E-state index in [1.165, 1.54) is 11.1 Å². The van der Waals surface area contributed by atoms with Crippen LogP contribution in [0.1, 0.15) is 35.5 Å². The molecule has 1 amide bonds. The summed E-state index contributed by atoms with van der Waals surface area (Å²) in [6, 6.07) is 9.86. The molecule has 0 radical (unpaired) electrons. The minimum absolute atomic E-state index is 0.188. The Hall–Kier alpha value is -2.63. The second-order valence-electron chi connectivity index (χ2n) is 6.26. The molecule has 0 fully saturated rings. The molecule has 6 nitrogen and oxygen atoms in total. The molecule has 0 aliphatic heterocycles. The molecule has 128 valence electrons. The standard InChI is InChI=1S/C18H23N3O3/c1-13(2)10-20(12-17(22)23)18(24)16-9-19-21(14(16)3)11-15-7-5-4-6-8-15/h4-9,13H,10-12H2,1-3H3,(H,22,23). The Morgan fingerprint density at radius 3 is 2.50 bits per heavy atom. The lowest BCUT2D eigenvalue weighted by Crippen LogP contribution is -2.38. The Balaban J connectivity index is 2.21. The maximum atomic E-state index is 12.7. The van der Waals surface area contributed by atoms with E-state index >= 15 is 0 Å². The molecule has 0 unspecified atom stereocenters. The van der Waals surface area contributed by atoms with Gasteiger partial charge in [-0.1, -0.05) is 44.2 Å². The molecule has 1 aromatic heterocycles. The molecule has 0 aliphatic rings. The zero-order valence-electron chi connectivity index (χ0n) is 14.3. The third-order valence-corrected chi connectivity index (χ3v) is 3.71. The Kier molecular flexibility index (Phi) is 5.73. The van der Waals surface area contributed by atoms with Crippen LogP contribution in [0.2, 0.25) is 0 Å². The summed E-state index contributed by atoms with van der Waals surface area (Å²) < 4.78 is 1.76. The molecule has 2 aromatic rings. The molecule has 0 bridgehead atoms. The fourth-order valence-electron chi connectivity index (χ4n) is 2.57. The van der Waals surface area contributed by atoms with Gasteiger partial charge < -0.3 is 10.0 Å². The Morgan fingerprint density at radius 1 is 1.25 bits per heavy atom. The number of carbonyl (C=O) groups excluding carboxylic acids is 1. The fourth-order valence-corrected chi connectivity index (χ4v) is 2.57. The van der Waals surface area contributed by atoms with Crippen molar-refractivity contribution in [1.82, 2.24) is 14.7 Å². The molecule has 2 rings (SSSR count). The van der Waals surface area contributed by atoms with Crippen molar-refractivity contribution >= 4 is 11.9 Å². The number of aromatic nitrogens is 2. The molecule has 0 spiro atoms. The SMILES string of the molecule is Cc1c(C(=O)N(CC(=O)O)CC(C)C)cnn1Cc1ccccc1. The predicted octanol–water partition coefficient (Wildman–Crippen LogP) is 2.42. The van der Waals surface area contributed by atoms with Gasteiger partial charge >= 0.3 is 5.97 Å². The first-order chi connectivity index (χ1) is 11.4. The van der Waals surface area contributed by atoms with Crippen molar-refractivity contribution in [3.05, 3.63) is 53.3 Å². The first kappa shape index (κ1) is 17.7. The first-order valence-corrected chi connectivity index (χ1v) is 7.96. The lowest BCUT2D eigenvalue weighted by molar-refractivity contribution is -0.137. The van der Waals surface area contributed by atoms with E-state index in [9.17, 15) is 9.59 Å². The second kappa shape index (κ2) is 7.77. The van der Waals surface area contributed by atoms with Gasteiger partial charge in [0.15, 0.2) is 0 Å². The molecule has 6 heteroatoms. The van der Waals surface area contributed by atoms with Crippen molar-refractivity contribution in [2.24, 2.45) is 5.92 Å². The monoisotopic (exact) mass is 329 g/mol.